The number of aromatic nitrogens is 4. The number of likely N-dealkylation sites (N-methyl/N-ethyl adjacent to an activating group) is 1. The standard InChI is InChI=1S/C63H83FN10O11/c1-39-55-52-36-67-57(65)60(69-52)85-41(3)50-35-45(64)19-21-49(50)61(78)72(8)38-54(55)74(71-39)23-12-15-46(75)22-24-80-25-26-81-27-28-82-29-30-83-31-32-84-47-20-18-43-34-53(59(77)68-51-17-11-14-42-13-9-10-16-48(42)51)73(37-44(43)33-47)62(79)56(63(4,5)6)70-58(76)40(2)66-7/h9-10,13,16,18-21,33,35-36,40-41,51,53,56,66H,11-12,14-15,17,22-32,34,37-38H2,1-8H3,(H2,65,67)(H,68,77)(H,70,76)/t40-,41-,51+,53-,56+/m1/s1. The maximum absolute atomic E-state index is 14.7. The van der Waals surface area contributed by atoms with Gasteiger partial charge in [0.05, 0.1) is 94.8 Å². The summed E-state index contributed by atoms with van der Waals surface area (Å²) in [5.74, 6) is -0.932. The topological polar surface area (TPSA) is 253 Å². The van der Waals surface area contributed by atoms with Gasteiger partial charge in [0.15, 0.2) is 5.82 Å². The van der Waals surface area contributed by atoms with Gasteiger partial charge < -0.3 is 59.9 Å². The molecule has 2 aromatic heterocycles. The van der Waals surface area contributed by atoms with Gasteiger partial charge in [0.1, 0.15) is 42.1 Å². The number of nitrogens with zero attached hydrogens (tertiary/aromatic N) is 6. The molecule has 85 heavy (non-hydrogen) atoms. The number of fused-ring (bicyclic) bond motifs is 7. The number of amides is 4. The highest BCUT2D eigenvalue weighted by molar-refractivity contribution is 5.96. The average molecular weight is 1180 g/mol. The van der Waals surface area contributed by atoms with Crippen molar-refractivity contribution < 1.29 is 56.8 Å². The lowest BCUT2D eigenvalue weighted by atomic mass is 9.83. The summed E-state index contributed by atoms with van der Waals surface area (Å²) in [4.78, 5) is 81.2. The molecule has 0 unspecified atom stereocenters. The predicted octanol–water partition coefficient (Wildman–Crippen LogP) is 6.57. The number of carbonyl (C=O) groups excluding carboxylic acids is 5. The van der Waals surface area contributed by atoms with E-state index in [1.807, 2.05) is 58.0 Å². The van der Waals surface area contributed by atoms with Crippen molar-refractivity contribution in [2.75, 3.05) is 79.3 Å². The number of ether oxygens (including phenoxy) is 6. The summed E-state index contributed by atoms with van der Waals surface area (Å²) in [6, 6.07) is 15.5. The highest BCUT2D eigenvalue weighted by Gasteiger charge is 2.43. The summed E-state index contributed by atoms with van der Waals surface area (Å²) in [5, 5.41) is 14.0. The Bertz CT molecular complexity index is 3150. The molecule has 5 aromatic rings. The van der Waals surface area contributed by atoms with Crippen molar-refractivity contribution in [2.24, 2.45) is 5.41 Å². The van der Waals surface area contributed by atoms with Gasteiger partial charge in [0, 0.05) is 56.1 Å². The van der Waals surface area contributed by atoms with E-state index >= 15 is 0 Å². The second-order valence-corrected chi connectivity index (χ2v) is 23.0. The number of hydrogen-bond donors (Lipinski definition) is 4. The third kappa shape index (κ3) is 16.5. The van der Waals surface area contributed by atoms with Gasteiger partial charge in [0.2, 0.25) is 17.7 Å². The molecular formula is C63H83FN10O11. The minimum atomic E-state index is -0.891. The van der Waals surface area contributed by atoms with E-state index in [1.54, 1.807) is 42.4 Å². The molecule has 8 rings (SSSR count). The highest BCUT2D eigenvalue weighted by atomic mass is 19.1. The van der Waals surface area contributed by atoms with Crippen LogP contribution in [0.25, 0.3) is 11.3 Å². The molecule has 5 atom stereocenters. The molecule has 0 spiro atoms. The number of nitrogens with two attached hydrogens (primary N) is 1. The van der Waals surface area contributed by atoms with Crippen LogP contribution >= 0.6 is 0 Å². The SMILES string of the molecule is CN[C@H](C)C(=O)N[C@@H](C(=O)N1Cc2cc(OCCOCCOCCOCCOCCC(=O)CCCn3nc(C)c4c3CN(C)C(=O)c3ccc(F)cc3[C@@H](C)Oc3nc-4cnc3N)ccc2C[C@@H]1C(=O)N[C@H]1CCCc2ccccc21)C(C)(C)C. The number of Topliss-reactive ketones (excluding diaryl/α,β-unsaturated/α-hetero) is 1. The molecule has 0 saturated heterocycles. The first-order chi connectivity index (χ1) is 40.8. The molecule has 3 aliphatic rings. The molecule has 0 radical (unpaired) electrons. The van der Waals surface area contributed by atoms with Crippen LogP contribution in [0.4, 0.5) is 10.2 Å². The van der Waals surface area contributed by atoms with E-state index in [9.17, 15) is 28.4 Å². The van der Waals surface area contributed by atoms with E-state index in [-0.39, 0.29) is 85.4 Å². The molecule has 2 bridgehead atoms. The molecule has 0 saturated carbocycles. The van der Waals surface area contributed by atoms with Crippen molar-refractivity contribution in [3.05, 3.63) is 117 Å². The van der Waals surface area contributed by atoms with Crippen molar-refractivity contribution in [1.29, 1.82) is 0 Å². The largest absolute Gasteiger partial charge is 0.491 e. The van der Waals surface area contributed by atoms with Crippen LogP contribution in [0, 0.1) is 18.2 Å². The average Bonchev–Trinajstić information content (AvgIpc) is 4.00. The summed E-state index contributed by atoms with van der Waals surface area (Å²) in [6.07, 6.45) is 4.84. The second kappa shape index (κ2) is 29.6. The number of hydrogen-bond acceptors (Lipinski definition) is 16. The van der Waals surface area contributed by atoms with Gasteiger partial charge in [0.25, 0.3) is 11.8 Å². The lowest BCUT2D eigenvalue weighted by molar-refractivity contribution is -0.147. The fourth-order valence-corrected chi connectivity index (χ4v) is 10.9. The number of aryl methyl sites for hydroxylation is 3. The molecule has 458 valence electrons. The van der Waals surface area contributed by atoms with Gasteiger partial charge in [-0.3, -0.25) is 28.7 Å². The van der Waals surface area contributed by atoms with E-state index < -0.39 is 35.5 Å². The maximum Gasteiger partial charge on any atom is 0.258 e. The summed E-state index contributed by atoms with van der Waals surface area (Å²) >= 11 is 0. The lowest BCUT2D eigenvalue weighted by Gasteiger charge is -2.41. The minimum Gasteiger partial charge on any atom is -0.491 e. The maximum atomic E-state index is 14.7. The molecule has 0 fully saturated rings. The van der Waals surface area contributed by atoms with Gasteiger partial charge in [-0.15, -0.1) is 0 Å². The second-order valence-electron chi connectivity index (χ2n) is 23.0. The van der Waals surface area contributed by atoms with Crippen molar-refractivity contribution >= 4 is 35.2 Å². The van der Waals surface area contributed by atoms with Crippen molar-refractivity contribution in [1.82, 2.24) is 45.5 Å². The zero-order valence-corrected chi connectivity index (χ0v) is 50.3. The number of nitrogens with one attached hydrogen (secondary N) is 3. The quantitative estimate of drug-likeness (QED) is 0.0428. The zero-order chi connectivity index (χ0) is 60.8. The van der Waals surface area contributed by atoms with Crippen LogP contribution < -0.4 is 31.2 Å². The molecule has 4 amide bonds. The Kier molecular flexibility index (Phi) is 22.2. The summed E-state index contributed by atoms with van der Waals surface area (Å²) in [5.41, 5.74) is 12.8. The van der Waals surface area contributed by atoms with E-state index in [4.69, 9.17) is 39.3 Å². The number of carbonyl (C=O) groups is 5. The Morgan fingerprint density at radius 2 is 1.58 bits per heavy atom. The normalized spacial score (nSPS) is 17.4. The molecule has 4 heterocycles. The zero-order valence-electron chi connectivity index (χ0n) is 50.3. The first-order valence-electron chi connectivity index (χ1n) is 29.5. The van der Waals surface area contributed by atoms with Crippen molar-refractivity contribution in [2.45, 2.75) is 136 Å². The van der Waals surface area contributed by atoms with Crippen LogP contribution in [0.5, 0.6) is 11.6 Å². The Balaban J connectivity index is 0.717. The number of ketones is 1. The number of anilines is 1. The number of benzene rings is 3. The number of halogens is 1. The van der Waals surface area contributed by atoms with Gasteiger partial charge in [-0.05, 0) is 112 Å². The fraction of sp³-hybridized carbons (Fsp3) is 0.524. The molecule has 2 aliphatic heterocycles. The Labute approximate surface area is 497 Å². The first kappa shape index (κ1) is 63.6. The Hall–Kier alpha value is -7.37. The first-order valence-corrected chi connectivity index (χ1v) is 29.5. The van der Waals surface area contributed by atoms with Gasteiger partial charge in [-0.2, -0.15) is 5.10 Å². The summed E-state index contributed by atoms with van der Waals surface area (Å²) < 4.78 is 51.2. The molecule has 1 aliphatic carbocycles. The van der Waals surface area contributed by atoms with Gasteiger partial charge in [-0.25, -0.2) is 14.4 Å². The predicted molar refractivity (Wildman–Crippen MR) is 316 cm³/mol. The van der Waals surface area contributed by atoms with E-state index in [0.29, 0.717) is 106 Å². The molecule has 3 aromatic carbocycles. The fourth-order valence-electron chi connectivity index (χ4n) is 10.9. The van der Waals surface area contributed by atoms with Crippen LogP contribution in [0.1, 0.15) is 128 Å². The number of rotatable bonds is 26. The van der Waals surface area contributed by atoms with E-state index in [2.05, 4.69) is 38.1 Å². The van der Waals surface area contributed by atoms with Crippen molar-refractivity contribution in [3.8, 4) is 22.9 Å². The van der Waals surface area contributed by atoms with Crippen molar-refractivity contribution in [3.63, 3.8) is 0 Å². The van der Waals surface area contributed by atoms with Crippen LogP contribution in [-0.2, 0) is 70.6 Å². The summed E-state index contributed by atoms with van der Waals surface area (Å²) in [7, 11) is 3.36. The molecular weight excluding hydrogens is 1090 g/mol. The minimum absolute atomic E-state index is 0.0418. The molecule has 5 N–H and O–H groups in total. The van der Waals surface area contributed by atoms with E-state index in [0.717, 1.165) is 36.0 Å². The third-order valence-corrected chi connectivity index (χ3v) is 15.7. The lowest BCUT2D eigenvalue weighted by Crippen LogP contribution is -2.62. The van der Waals surface area contributed by atoms with Crippen LogP contribution in [0.3, 0.4) is 0 Å². The van der Waals surface area contributed by atoms with Gasteiger partial charge in [-0.1, -0.05) is 51.1 Å². The van der Waals surface area contributed by atoms with E-state index in [1.165, 1.54) is 30.0 Å². The van der Waals surface area contributed by atoms with Crippen LogP contribution in [0.2, 0.25) is 0 Å². The Morgan fingerprint density at radius 1 is 0.871 bits per heavy atom. The third-order valence-electron chi connectivity index (χ3n) is 15.7. The molecule has 22 heteroatoms. The van der Waals surface area contributed by atoms with Crippen LogP contribution in [-0.4, -0.2) is 151 Å². The van der Waals surface area contributed by atoms with Crippen LogP contribution in [0.15, 0.2) is 66.9 Å². The number of nitrogen functional groups attached to an aromatic ring is 1. The van der Waals surface area contributed by atoms with Gasteiger partial charge >= 0.3 is 0 Å². The summed E-state index contributed by atoms with van der Waals surface area (Å²) in [6.45, 7) is 14.7. The monoisotopic (exact) mass is 1170 g/mol. The molecule has 21 nitrogen and oxygen atoms in total. The highest BCUT2D eigenvalue weighted by Crippen LogP contribution is 2.36. The smallest absolute Gasteiger partial charge is 0.258 e. The Morgan fingerprint density at radius 3 is 2.29 bits per heavy atom.